The molecule has 2 N–H and O–H groups in total. The molecule has 0 amide bonds. The Hall–Kier alpha value is -0.870. The summed E-state index contributed by atoms with van der Waals surface area (Å²) in [7, 11) is 1.76. The van der Waals surface area contributed by atoms with E-state index in [0.29, 0.717) is 6.04 Å². The van der Waals surface area contributed by atoms with E-state index in [9.17, 15) is 0 Å². The minimum absolute atomic E-state index is 0.0584. The molecule has 0 aliphatic carbocycles. The van der Waals surface area contributed by atoms with Crippen molar-refractivity contribution in [2.75, 3.05) is 13.7 Å². The molecule has 1 atom stereocenters. The van der Waals surface area contributed by atoms with Crippen molar-refractivity contribution in [1.29, 1.82) is 0 Å². The maximum Gasteiger partial charge on any atom is 0.107 e. The summed E-state index contributed by atoms with van der Waals surface area (Å²) in [5.74, 6) is 1.03. The van der Waals surface area contributed by atoms with Gasteiger partial charge in [0, 0.05) is 38.5 Å². The van der Waals surface area contributed by atoms with E-state index in [1.165, 1.54) is 0 Å². The van der Waals surface area contributed by atoms with E-state index >= 15 is 0 Å². The lowest BCUT2D eigenvalue weighted by molar-refractivity contribution is 0.00864. The quantitative estimate of drug-likeness (QED) is 0.743. The van der Waals surface area contributed by atoms with Crippen LogP contribution in [0.1, 0.15) is 33.0 Å². The molecule has 1 rings (SSSR count). The molecule has 0 saturated carbocycles. The summed E-state index contributed by atoms with van der Waals surface area (Å²) in [5.41, 5.74) is -0.0584. The van der Waals surface area contributed by atoms with Crippen LogP contribution >= 0.6 is 0 Å². The van der Waals surface area contributed by atoms with E-state index in [1.54, 1.807) is 13.3 Å². The van der Waals surface area contributed by atoms with Gasteiger partial charge in [-0.2, -0.15) is 0 Å². The molecule has 0 unspecified atom stereocenters. The molecular formula is C12H23N3O. The zero-order valence-electron chi connectivity index (χ0n) is 10.7. The summed E-state index contributed by atoms with van der Waals surface area (Å²) in [4.78, 5) is 7.28. The van der Waals surface area contributed by atoms with Crippen LogP contribution in [-0.4, -0.2) is 35.3 Å². The zero-order chi connectivity index (χ0) is 12.0. The first-order valence-electron chi connectivity index (χ1n) is 5.80. The fourth-order valence-corrected chi connectivity index (χ4v) is 1.76. The second-order valence-electron chi connectivity index (χ2n) is 4.81. The molecule has 0 spiro atoms. The van der Waals surface area contributed by atoms with Crippen molar-refractivity contribution in [1.82, 2.24) is 15.3 Å². The van der Waals surface area contributed by atoms with Gasteiger partial charge in [0.2, 0.25) is 0 Å². The zero-order valence-corrected chi connectivity index (χ0v) is 10.7. The summed E-state index contributed by atoms with van der Waals surface area (Å²) in [6.07, 6.45) is 5.58. The average molecular weight is 225 g/mol. The van der Waals surface area contributed by atoms with Crippen molar-refractivity contribution < 1.29 is 4.74 Å². The van der Waals surface area contributed by atoms with E-state index < -0.39 is 0 Å². The summed E-state index contributed by atoms with van der Waals surface area (Å²) in [6, 6.07) is 0.449. The van der Waals surface area contributed by atoms with E-state index in [2.05, 4.69) is 36.1 Å². The van der Waals surface area contributed by atoms with Gasteiger partial charge in [0.05, 0.1) is 5.60 Å². The predicted molar refractivity (Wildman–Crippen MR) is 65.5 cm³/mol. The van der Waals surface area contributed by atoms with Gasteiger partial charge in [-0.1, -0.05) is 0 Å². The molecule has 0 aliphatic rings. The Labute approximate surface area is 97.8 Å². The Balaban J connectivity index is 2.18. The lowest BCUT2D eigenvalue weighted by Crippen LogP contribution is -2.36. The molecule has 0 aromatic carbocycles. The van der Waals surface area contributed by atoms with Gasteiger partial charge in [0.25, 0.3) is 0 Å². The van der Waals surface area contributed by atoms with Crippen LogP contribution in [0.4, 0.5) is 0 Å². The van der Waals surface area contributed by atoms with Gasteiger partial charge < -0.3 is 15.0 Å². The van der Waals surface area contributed by atoms with Crippen LogP contribution in [0.5, 0.6) is 0 Å². The molecule has 1 aromatic heterocycles. The average Bonchev–Trinajstić information content (AvgIpc) is 2.70. The van der Waals surface area contributed by atoms with Crippen molar-refractivity contribution in [2.24, 2.45) is 0 Å². The second kappa shape index (κ2) is 6.01. The number of nitrogens with zero attached hydrogens (tertiary/aromatic N) is 1. The number of H-pyrrole nitrogens is 1. The first-order chi connectivity index (χ1) is 7.53. The van der Waals surface area contributed by atoms with Crippen molar-refractivity contribution in [3.05, 3.63) is 18.2 Å². The van der Waals surface area contributed by atoms with Gasteiger partial charge in [-0.25, -0.2) is 4.98 Å². The van der Waals surface area contributed by atoms with Gasteiger partial charge in [0.15, 0.2) is 0 Å². The van der Waals surface area contributed by atoms with Gasteiger partial charge in [-0.15, -0.1) is 0 Å². The van der Waals surface area contributed by atoms with Gasteiger partial charge in [-0.05, 0) is 27.2 Å². The normalized spacial score (nSPS) is 14.0. The van der Waals surface area contributed by atoms with Crippen LogP contribution in [0, 0.1) is 0 Å². The van der Waals surface area contributed by atoms with Gasteiger partial charge >= 0.3 is 0 Å². The second-order valence-corrected chi connectivity index (χ2v) is 4.81. The summed E-state index contributed by atoms with van der Waals surface area (Å²) >= 11 is 0. The fourth-order valence-electron chi connectivity index (χ4n) is 1.76. The molecule has 4 nitrogen and oxygen atoms in total. The van der Waals surface area contributed by atoms with Crippen molar-refractivity contribution in [3.8, 4) is 0 Å². The third kappa shape index (κ3) is 4.77. The molecule has 4 heteroatoms. The fraction of sp³-hybridized carbons (Fsp3) is 0.750. The highest BCUT2D eigenvalue weighted by Crippen LogP contribution is 2.15. The molecule has 0 aliphatic heterocycles. The van der Waals surface area contributed by atoms with Crippen LogP contribution in [0.2, 0.25) is 0 Å². The number of ether oxygens (including phenoxy) is 1. The van der Waals surface area contributed by atoms with Crippen molar-refractivity contribution in [3.63, 3.8) is 0 Å². The Morgan fingerprint density at radius 2 is 2.31 bits per heavy atom. The Kier molecular flexibility index (Phi) is 4.96. The molecular weight excluding hydrogens is 202 g/mol. The molecule has 1 heterocycles. The van der Waals surface area contributed by atoms with E-state index in [4.69, 9.17) is 4.74 Å². The topological polar surface area (TPSA) is 49.9 Å². The predicted octanol–water partition coefficient (Wildman–Crippen LogP) is 1.75. The van der Waals surface area contributed by atoms with Gasteiger partial charge in [-0.3, -0.25) is 0 Å². The number of hydrogen-bond donors (Lipinski definition) is 2. The number of hydrogen-bond acceptors (Lipinski definition) is 3. The molecule has 0 fully saturated rings. The third-order valence-electron chi connectivity index (χ3n) is 2.76. The summed E-state index contributed by atoms with van der Waals surface area (Å²) in [6.45, 7) is 7.34. The number of rotatable bonds is 7. The van der Waals surface area contributed by atoms with Crippen LogP contribution in [0.3, 0.4) is 0 Å². The molecule has 1 aromatic rings. The molecule has 16 heavy (non-hydrogen) atoms. The van der Waals surface area contributed by atoms with Crippen molar-refractivity contribution >= 4 is 0 Å². The number of nitrogens with one attached hydrogen (secondary N) is 2. The lowest BCUT2D eigenvalue weighted by Gasteiger charge is -2.27. The molecule has 0 saturated heterocycles. The maximum absolute atomic E-state index is 5.40. The van der Waals surface area contributed by atoms with Crippen LogP contribution < -0.4 is 5.32 Å². The number of aromatic amines is 1. The number of methoxy groups -OCH3 is 1. The maximum atomic E-state index is 5.40. The summed E-state index contributed by atoms with van der Waals surface area (Å²) < 4.78 is 5.40. The summed E-state index contributed by atoms with van der Waals surface area (Å²) in [5, 5.41) is 3.47. The third-order valence-corrected chi connectivity index (χ3v) is 2.76. The number of imidazole rings is 1. The highest BCUT2D eigenvalue weighted by molar-refractivity contribution is 4.87. The standard InChI is InChI=1S/C12H23N3O/c1-10(9-12(2,3)16-4)13-6-5-11-14-7-8-15-11/h7-8,10,13H,5-6,9H2,1-4H3,(H,14,15)/t10-/m0/s1. The smallest absolute Gasteiger partial charge is 0.107 e. The SMILES string of the molecule is COC(C)(C)C[C@H](C)NCCc1ncc[nH]1. The highest BCUT2D eigenvalue weighted by Gasteiger charge is 2.19. The Morgan fingerprint density at radius 3 is 2.88 bits per heavy atom. The van der Waals surface area contributed by atoms with E-state index in [0.717, 1.165) is 25.2 Å². The van der Waals surface area contributed by atoms with Gasteiger partial charge in [0.1, 0.15) is 5.82 Å². The van der Waals surface area contributed by atoms with Crippen LogP contribution in [-0.2, 0) is 11.2 Å². The molecule has 92 valence electrons. The van der Waals surface area contributed by atoms with E-state index in [-0.39, 0.29) is 5.60 Å². The Bertz CT molecular complexity index is 282. The van der Waals surface area contributed by atoms with E-state index in [1.807, 2.05) is 6.20 Å². The lowest BCUT2D eigenvalue weighted by atomic mass is 10.00. The minimum Gasteiger partial charge on any atom is -0.379 e. The van der Waals surface area contributed by atoms with Crippen molar-refractivity contribution in [2.45, 2.75) is 45.3 Å². The first-order valence-corrected chi connectivity index (χ1v) is 5.80. The Morgan fingerprint density at radius 1 is 1.56 bits per heavy atom. The first kappa shape index (κ1) is 13.2. The van der Waals surface area contributed by atoms with Crippen LogP contribution in [0.25, 0.3) is 0 Å². The number of aromatic nitrogens is 2. The van der Waals surface area contributed by atoms with Crippen LogP contribution in [0.15, 0.2) is 12.4 Å². The molecule has 0 radical (unpaired) electrons. The minimum atomic E-state index is -0.0584. The highest BCUT2D eigenvalue weighted by atomic mass is 16.5. The molecule has 0 bridgehead atoms. The largest absolute Gasteiger partial charge is 0.379 e. The monoisotopic (exact) mass is 225 g/mol.